The first kappa shape index (κ1) is 13.1. The Balaban J connectivity index is 1.74. The molecule has 0 saturated carbocycles. The smallest absolute Gasteiger partial charge is 0.127 e. The van der Waals surface area contributed by atoms with Crippen LogP contribution in [0.1, 0.15) is 12.0 Å². The maximum Gasteiger partial charge on any atom is 0.127 e. The van der Waals surface area contributed by atoms with Gasteiger partial charge in [0.25, 0.3) is 0 Å². The molecule has 2 unspecified atom stereocenters. The predicted molar refractivity (Wildman–Crippen MR) is 78.7 cm³/mol. The van der Waals surface area contributed by atoms with Crippen molar-refractivity contribution in [3.63, 3.8) is 0 Å². The normalized spacial score (nSPS) is 24.5. The Morgan fingerprint density at radius 1 is 1.42 bits per heavy atom. The lowest BCUT2D eigenvalue weighted by atomic mass is 10.2. The second-order valence-electron chi connectivity index (χ2n) is 5.54. The third-order valence-corrected chi connectivity index (χ3v) is 5.54. The van der Waals surface area contributed by atoms with E-state index in [-0.39, 0.29) is 0 Å². The van der Waals surface area contributed by atoms with Gasteiger partial charge in [-0.3, -0.25) is 0 Å². The molecule has 5 heteroatoms. The first-order valence-corrected chi connectivity index (χ1v) is 7.96. The lowest BCUT2D eigenvalue weighted by Crippen LogP contribution is -2.32. The number of fused-ring (bicyclic) bond motifs is 1. The maximum atomic E-state index is 12.6. The molecule has 4 nitrogen and oxygen atoms in total. The molecular formula is C14H21N3OS. The third kappa shape index (κ3) is 2.55. The summed E-state index contributed by atoms with van der Waals surface area (Å²) in [6, 6.07) is 6.69. The van der Waals surface area contributed by atoms with Gasteiger partial charge in [-0.15, -0.1) is 0 Å². The molecule has 0 bridgehead atoms. The van der Waals surface area contributed by atoms with E-state index in [9.17, 15) is 4.21 Å². The highest BCUT2D eigenvalue weighted by atomic mass is 32.2. The van der Waals surface area contributed by atoms with E-state index < -0.39 is 11.0 Å². The number of nitrogens with zero attached hydrogens (tertiary/aromatic N) is 2. The SMILES string of the molecule is CN(C)C1CCN(S(=O)c2ccc3c(c2)CCN3)C1. The van der Waals surface area contributed by atoms with Crippen molar-refractivity contribution in [1.29, 1.82) is 0 Å². The molecule has 3 rings (SSSR count). The first-order chi connectivity index (χ1) is 9.15. The summed E-state index contributed by atoms with van der Waals surface area (Å²) in [6.45, 7) is 2.82. The quantitative estimate of drug-likeness (QED) is 0.906. The van der Waals surface area contributed by atoms with Crippen LogP contribution in [0.5, 0.6) is 0 Å². The fourth-order valence-corrected chi connectivity index (χ4v) is 4.13. The van der Waals surface area contributed by atoms with Crippen molar-refractivity contribution in [2.75, 3.05) is 39.0 Å². The van der Waals surface area contributed by atoms with Gasteiger partial charge in [0.05, 0.1) is 4.90 Å². The standard InChI is InChI=1S/C14H21N3OS/c1-16(2)12-6-8-17(10-12)19(18)13-3-4-14-11(9-13)5-7-15-14/h3-4,9,12,15H,5-8,10H2,1-2H3. The average molecular weight is 279 g/mol. The fraction of sp³-hybridized carbons (Fsp3) is 0.571. The van der Waals surface area contributed by atoms with Gasteiger partial charge in [0.15, 0.2) is 0 Å². The van der Waals surface area contributed by atoms with E-state index >= 15 is 0 Å². The Hall–Kier alpha value is -0.910. The Labute approximate surface area is 117 Å². The van der Waals surface area contributed by atoms with Crippen LogP contribution in [0.15, 0.2) is 23.1 Å². The molecule has 2 heterocycles. The lowest BCUT2D eigenvalue weighted by molar-refractivity contribution is 0.304. The van der Waals surface area contributed by atoms with Crippen LogP contribution in [0.2, 0.25) is 0 Å². The molecular weight excluding hydrogens is 258 g/mol. The van der Waals surface area contributed by atoms with E-state index in [1.165, 1.54) is 11.3 Å². The summed E-state index contributed by atoms with van der Waals surface area (Å²) >= 11 is 0. The summed E-state index contributed by atoms with van der Waals surface area (Å²) in [5, 5.41) is 3.34. The lowest BCUT2D eigenvalue weighted by Gasteiger charge is -2.19. The van der Waals surface area contributed by atoms with Gasteiger partial charge in [-0.05, 0) is 50.7 Å². The summed E-state index contributed by atoms with van der Waals surface area (Å²) < 4.78 is 14.7. The van der Waals surface area contributed by atoms with E-state index in [0.29, 0.717) is 6.04 Å². The Morgan fingerprint density at radius 3 is 3.00 bits per heavy atom. The van der Waals surface area contributed by atoms with Crippen LogP contribution in [0.3, 0.4) is 0 Å². The molecule has 0 aliphatic carbocycles. The number of benzene rings is 1. The van der Waals surface area contributed by atoms with Gasteiger partial charge in [-0.25, -0.2) is 8.51 Å². The molecule has 0 radical (unpaired) electrons. The molecule has 1 fully saturated rings. The fourth-order valence-electron chi connectivity index (χ4n) is 2.82. The highest BCUT2D eigenvalue weighted by molar-refractivity contribution is 7.82. The number of likely N-dealkylation sites (N-methyl/N-ethyl adjacent to an activating group) is 1. The van der Waals surface area contributed by atoms with Crippen molar-refractivity contribution in [2.24, 2.45) is 0 Å². The predicted octanol–water partition coefficient (Wildman–Crippen LogP) is 1.31. The van der Waals surface area contributed by atoms with Crippen LogP contribution in [-0.4, -0.2) is 53.2 Å². The van der Waals surface area contributed by atoms with Gasteiger partial charge in [-0.1, -0.05) is 0 Å². The van der Waals surface area contributed by atoms with Gasteiger partial charge in [-0.2, -0.15) is 0 Å². The summed E-state index contributed by atoms with van der Waals surface area (Å²) in [4.78, 5) is 3.17. The van der Waals surface area contributed by atoms with Crippen LogP contribution < -0.4 is 5.32 Å². The van der Waals surface area contributed by atoms with Gasteiger partial charge in [0.2, 0.25) is 0 Å². The zero-order valence-corrected chi connectivity index (χ0v) is 12.4. The largest absolute Gasteiger partial charge is 0.384 e. The molecule has 2 aliphatic heterocycles. The van der Waals surface area contributed by atoms with Crippen LogP contribution in [-0.2, 0) is 17.4 Å². The summed E-state index contributed by atoms with van der Waals surface area (Å²) in [6.07, 6.45) is 2.14. The van der Waals surface area contributed by atoms with Gasteiger partial charge >= 0.3 is 0 Å². The van der Waals surface area contributed by atoms with Crippen molar-refractivity contribution in [2.45, 2.75) is 23.8 Å². The minimum atomic E-state index is -1.01. The number of rotatable bonds is 3. The Morgan fingerprint density at radius 2 is 2.26 bits per heavy atom. The molecule has 19 heavy (non-hydrogen) atoms. The minimum Gasteiger partial charge on any atom is -0.384 e. The molecule has 1 aromatic rings. The van der Waals surface area contributed by atoms with Crippen molar-refractivity contribution in [3.8, 4) is 0 Å². The number of hydrogen-bond acceptors (Lipinski definition) is 3. The molecule has 104 valence electrons. The zero-order chi connectivity index (χ0) is 13.4. The van der Waals surface area contributed by atoms with Crippen LogP contribution in [0.4, 0.5) is 5.69 Å². The van der Waals surface area contributed by atoms with E-state index in [2.05, 4.69) is 40.7 Å². The molecule has 1 saturated heterocycles. The van der Waals surface area contributed by atoms with E-state index in [0.717, 1.165) is 37.4 Å². The zero-order valence-electron chi connectivity index (χ0n) is 11.6. The maximum absolute atomic E-state index is 12.6. The number of nitrogens with one attached hydrogen (secondary N) is 1. The molecule has 2 atom stereocenters. The molecule has 1 aromatic carbocycles. The molecule has 0 amide bonds. The van der Waals surface area contributed by atoms with Crippen LogP contribution >= 0.6 is 0 Å². The van der Waals surface area contributed by atoms with E-state index in [1.54, 1.807) is 0 Å². The van der Waals surface area contributed by atoms with Crippen molar-refractivity contribution in [1.82, 2.24) is 9.21 Å². The Bertz CT molecular complexity index is 503. The van der Waals surface area contributed by atoms with Gasteiger partial charge in [0.1, 0.15) is 11.0 Å². The second-order valence-corrected chi connectivity index (χ2v) is 7.03. The van der Waals surface area contributed by atoms with E-state index in [4.69, 9.17) is 0 Å². The number of hydrogen-bond donors (Lipinski definition) is 1. The monoisotopic (exact) mass is 279 g/mol. The Kier molecular flexibility index (Phi) is 3.60. The minimum absolute atomic E-state index is 0.528. The van der Waals surface area contributed by atoms with Crippen molar-refractivity contribution < 1.29 is 4.21 Å². The topological polar surface area (TPSA) is 35.6 Å². The van der Waals surface area contributed by atoms with Gasteiger partial charge < -0.3 is 10.2 Å². The van der Waals surface area contributed by atoms with Crippen molar-refractivity contribution in [3.05, 3.63) is 23.8 Å². The summed E-state index contributed by atoms with van der Waals surface area (Å²) in [5.41, 5.74) is 2.50. The van der Waals surface area contributed by atoms with Crippen LogP contribution in [0.25, 0.3) is 0 Å². The number of anilines is 1. The highest BCUT2D eigenvalue weighted by Gasteiger charge is 2.28. The molecule has 0 spiro atoms. The van der Waals surface area contributed by atoms with Gasteiger partial charge in [0, 0.05) is 31.4 Å². The van der Waals surface area contributed by atoms with Crippen LogP contribution in [0, 0.1) is 0 Å². The molecule has 1 N–H and O–H groups in total. The molecule has 0 aromatic heterocycles. The average Bonchev–Trinajstić information content (AvgIpc) is 3.06. The summed E-state index contributed by atoms with van der Waals surface area (Å²) in [5.74, 6) is 0. The second kappa shape index (κ2) is 5.23. The first-order valence-electron chi connectivity index (χ1n) is 6.85. The third-order valence-electron chi connectivity index (χ3n) is 4.08. The van der Waals surface area contributed by atoms with E-state index in [1.807, 2.05) is 6.07 Å². The highest BCUT2D eigenvalue weighted by Crippen LogP contribution is 2.26. The van der Waals surface area contributed by atoms with Crippen molar-refractivity contribution >= 4 is 16.7 Å². The summed E-state index contributed by atoms with van der Waals surface area (Å²) in [7, 11) is 3.18. The molecule has 2 aliphatic rings.